The predicted molar refractivity (Wildman–Crippen MR) is 59.5 cm³/mol. The normalized spacial score (nSPS) is 19.0. The van der Waals surface area contributed by atoms with Crippen LogP contribution in [0.15, 0.2) is 18.2 Å². The molecule has 1 aliphatic heterocycles. The number of para-hydroxylation sites is 1. The highest BCUT2D eigenvalue weighted by atomic mass is 32.1. The van der Waals surface area contributed by atoms with Crippen LogP contribution in [0.3, 0.4) is 0 Å². The van der Waals surface area contributed by atoms with Gasteiger partial charge in [-0.1, -0.05) is 12.1 Å². The Balaban J connectivity index is 2.38. The van der Waals surface area contributed by atoms with Gasteiger partial charge in [0.25, 0.3) is 0 Å². The molecule has 1 aromatic carbocycles. The molecule has 7 nitrogen and oxygen atoms in total. The average molecular weight is 240 g/mol. The first-order chi connectivity index (χ1) is 7.59. The monoisotopic (exact) mass is 240 g/mol. The van der Waals surface area contributed by atoms with Crippen LogP contribution in [-0.2, 0) is 0 Å². The molecule has 0 radical (unpaired) electrons. The molecule has 8 heteroatoms. The maximum Gasteiger partial charge on any atom is 0.311 e. The molecule has 0 bridgehead atoms. The SMILES string of the molecule is O=[N+]([O-])c1cccc(C2NNC(=S)N2)c1O. The standard InChI is InChI=1S/C8H8N4O3S/c13-6-4(7-9-8(16)11-10-7)2-1-3-5(6)12(14)15/h1-3,7,10,13H,(H2,9,11,16). The molecule has 4 N–H and O–H groups in total. The summed E-state index contributed by atoms with van der Waals surface area (Å²) in [5.74, 6) is -0.371. The highest BCUT2D eigenvalue weighted by Crippen LogP contribution is 2.32. The first-order valence-electron chi connectivity index (χ1n) is 4.38. The summed E-state index contributed by atoms with van der Waals surface area (Å²) in [5.41, 5.74) is 5.41. The summed E-state index contributed by atoms with van der Waals surface area (Å²) in [4.78, 5) is 9.98. The lowest BCUT2D eigenvalue weighted by atomic mass is 10.1. The van der Waals surface area contributed by atoms with Crippen molar-refractivity contribution >= 4 is 23.0 Å². The number of thiocarbonyl (C=S) groups is 1. The molecule has 0 spiro atoms. The minimum Gasteiger partial charge on any atom is -0.502 e. The van der Waals surface area contributed by atoms with Crippen LogP contribution in [0.2, 0.25) is 0 Å². The van der Waals surface area contributed by atoms with Gasteiger partial charge in [0.2, 0.25) is 5.75 Å². The maximum absolute atomic E-state index is 10.6. The summed E-state index contributed by atoms with van der Waals surface area (Å²) in [6.07, 6.45) is -0.479. The summed E-state index contributed by atoms with van der Waals surface area (Å²) in [6, 6.07) is 4.31. The molecule has 0 aromatic heterocycles. The second-order valence-corrected chi connectivity index (χ2v) is 3.56. The van der Waals surface area contributed by atoms with Gasteiger partial charge in [-0.2, -0.15) is 0 Å². The number of phenolic OH excluding ortho intramolecular Hbond substituents is 1. The predicted octanol–water partition coefficient (Wildman–Crippen LogP) is 0.281. The largest absolute Gasteiger partial charge is 0.502 e. The van der Waals surface area contributed by atoms with E-state index >= 15 is 0 Å². The molecule has 1 atom stereocenters. The summed E-state index contributed by atoms with van der Waals surface area (Å²) in [6.45, 7) is 0. The van der Waals surface area contributed by atoms with Crippen LogP contribution >= 0.6 is 12.2 Å². The Kier molecular flexibility index (Phi) is 2.59. The first kappa shape index (κ1) is 10.6. The number of hydrogen-bond acceptors (Lipinski definition) is 5. The Labute approximate surface area is 95.6 Å². The highest BCUT2D eigenvalue weighted by molar-refractivity contribution is 7.80. The first-order valence-corrected chi connectivity index (χ1v) is 4.78. The van der Waals surface area contributed by atoms with Gasteiger partial charge in [-0.15, -0.1) is 0 Å². The lowest BCUT2D eigenvalue weighted by Gasteiger charge is -2.11. The number of rotatable bonds is 2. The Hall–Kier alpha value is -1.93. The molecule has 84 valence electrons. The third-order valence-electron chi connectivity index (χ3n) is 2.16. The van der Waals surface area contributed by atoms with E-state index in [0.29, 0.717) is 10.7 Å². The molecular weight excluding hydrogens is 232 g/mol. The third kappa shape index (κ3) is 1.75. The molecule has 0 amide bonds. The molecular formula is C8H8N4O3S. The van der Waals surface area contributed by atoms with Crippen molar-refractivity contribution in [3.05, 3.63) is 33.9 Å². The number of hydrogen-bond donors (Lipinski definition) is 4. The Bertz CT molecular complexity index is 465. The van der Waals surface area contributed by atoms with Crippen molar-refractivity contribution in [2.45, 2.75) is 6.17 Å². The number of benzene rings is 1. The van der Waals surface area contributed by atoms with E-state index in [-0.39, 0.29) is 11.4 Å². The van der Waals surface area contributed by atoms with E-state index in [1.165, 1.54) is 12.1 Å². The molecule has 1 saturated heterocycles. The van der Waals surface area contributed by atoms with Crippen LogP contribution in [0.25, 0.3) is 0 Å². The zero-order valence-corrected chi connectivity index (χ0v) is 8.75. The molecule has 16 heavy (non-hydrogen) atoms. The van der Waals surface area contributed by atoms with Crippen LogP contribution in [0.1, 0.15) is 11.7 Å². The second kappa shape index (κ2) is 3.91. The Morgan fingerprint density at radius 3 is 2.81 bits per heavy atom. The van der Waals surface area contributed by atoms with Gasteiger partial charge < -0.3 is 10.4 Å². The number of nitro benzene ring substituents is 1. The summed E-state index contributed by atoms with van der Waals surface area (Å²) in [5, 5.41) is 23.5. The molecule has 1 aliphatic rings. The quantitative estimate of drug-likeness (QED) is 0.335. The van der Waals surface area contributed by atoms with Gasteiger partial charge in [0.05, 0.1) is 4.92 Å². The number of phenols is 1. The zero-order chi connectivity index (χ0) is 11.7. The van der Waals surface area contributed by atoms with E-state index in [0.717, 1.165) is 0 Å². The van der Waals surface area contributed by atoms with Crippen molar-refractivity contribution in [2.24, 2.45) is 0 Å². The summed E-state index contributed by atoms with van der Waals surface area (Å²) >= 11 is 4.82. The number of hydrazine groups is 1. The lowest BCUT2D eigenvalue weighted by Crippen LogP contribution is -2.26. The van der Waals surface area contributed by atoms with E-state index in [1.807, 2.05) is 0 Å². The summed E-state index contributed by atoms with van der Waals surface area (Å²) in [7, 11) is 0. The van der Waals surface area contributed by atoms with Crippen LogP contribution in [0.5, 0.6) is 5.75 Å². The van der Waals surface area contributed by atoms with E-state index < -0.39 is 11.1 Å². The van der Waals surface area contributed by atoms with Crippen LogP contribution in [0.4, 0.5) is 5.69 Å². The molecule has 2 rings (SSSR count). The fourth-order valence-corrected chi connectivity index (χ4v) is 1.60. The number of nitrogens with zero attached hydrogens (tertiary/aromatic N) is 1. The zero-order valence-electron chi connectivity index (χ0n) is 7.93. The number of aromatic hydroxyl groups is 1. The minimum absolute atomic E-state index is 0.334. The molecule has 1 unspecified atom stereocenters. The van der Waals surface area contributed by atoms with E-state index in [1.54, 1.807) is 6.07 Å². The van der Waals surface area contributed by atoms with Crippen molar-refractivity contribution in [1.29, 1.82) is 0 Å². The highest BCUT2D eigenvalue weighted by Gasteiger charge is 2.25. The topological polar surface area (TPSA) is 99.5 Å². The van der Waals surface area contributed by atoms with Crippen molar-refractivity contribution in [1.82, 2.24) is 16.2 Å². The Morgan fingerprint density at radius 2 is 2.25 bits per heavy atom. The van der Waals surface area contributed by atoms with E-state index in [9.17, 15) is 15.2 Å². The molecule has 1 heterocycles. The van der Waals surface area contributed by atoms with Crippen molar-refractivity contribution in [3.8, 4) is 5.75 Å². The fraction of sp³-hybridized carbons (Fsp3) is 0.125. The van der Waals surface area contributed by atoms with Gasteiger partial charge in [0.1, 0.15) is 6.17 Å². The molecule has 1 aromatic rings. The van der Waals surface area contributed by atoms with Gasteiger partial charge >= 0.3 is 5.69 Å². The van der Waals surface area contributed by atoms with Crippen molar-refractivity contribution < 1.29 is 10.0 Å². The fourth-order valence-electron chi connectivity index (χ4n) is 1.43. The number of nitrogens with one attached hydrogen (secondary N) is 3. The van der Waals surface area contributed by atoms with Gasteiger partial charge in [0, 0.05) is 11.6 Å². The van der Waals surface area contributed by atoms with E-state index in [4.69, 9.17) is 12.2 Å². The summed E-state index contributed by atoms with van der Waals surface area (Å²) < 4.78 is 0. The van der Waals surface area contributed by atoms with Crippen LogP contribution in [0, 0.1) is 10.1 Å². The van der Waals surface area contributed by atoms with Gasteiger partial charge in [0.15, 0.2) is 5.11 Å². The second-order valence-electron chi connectivity index (χ2n) is 3.15. The van der Waals surface area contributed by atoms with Crippen molar-refractivity contribution in [3.63, 3.8) is 0 Å². The van der Waals surface area contributed by atoms with Crippen LogP contribution in [-0.4, -0.2) is 15.1 Å². The molecule has 0 aliphatic carbocycles. The van der Waals surface area contributed by atoms with Gasteiger partial charge in [-0.05, 0) is 12.2 Å². The average Bonchev–Trinajstić information content (AvgIpc) is 2.64. The van der Waals surface area contributed by atoms with Crippen LogP contribution < -0.4 is 16.2 Å². The van der Waals surface area contributed by atoms with E-state index in [2.05, 4.69) is 16.2 Å². The smallest absolute Gasteiger partial charge is 0.311 e. The van der Waals surface area contributed by atoms with Gasteiger partial charge in [-0.3, -0.25) is 15.5 Å². The number of nitro groups is 1. The maximum atomic E-state index is 10.6. The lowest BCUT2D eigenvalue weighted by molar-refractivity contribution is -0.386. The minimum atomic E-state index is -0.639. The van der Waals surface area contributed by atoms with Gasteiger partial charge in [-0.25, -0.2) is 5.43 Å². The Morgan fingerprint density at radius 1 is 1.50 bits per heavy atom. The van der Waals surface area contributed by atoms with Crippen molar-refractivity contribution in [2.75, 3.05) is 0 Å². The molecule has 1 fully saturated rings. The third-order valence-corrected chi connectivity index (χ3v) is 2.38. The molecule has 0 saturated carbocycles.